The highest BCUT2D eigenvalue weighted by Crippen LogP contribution is 2.30. The molecule has 0 saturated carbocycles. The number of benzene rings is 1. The Kier molecular flexibility index (Phi) is 8.00. The molecule has 2 rings (SSSR count). The highest BCUT2D eigenvalue weighted by atomic mass is 32.8. The first-order chi connectivity index (χ1) is 13.0. The van der Waals surface area contributed by atoms with Crippen molar-refractivity contribution in [3.63, 3.8) is 0 Å². The number of thiol groups is 1. The molecule has 1 aliphatic heterocycles. The molecule has 1 heterocycles. The molecule has 2 unspecified atom stereocenters. The summed E-state index contributed by atoms with van der Waals surface area (Å²) in [7, 11) is 2.20. The van der Waals surface area contributed by atoms with E-state index in [9.17, 15) is 14.1 Å². The van der Waals surface area contributed by atoms with E-state index in [0.29, 0.717) is 19.5 Å². The molecule has 1 fully saturated rings. The predicted molar refractivity (Wildman–Crippen MR) is 121 cm³/mol. The third-order valence-corrected chi connectivity index (χ3v) is 7.23. The van der Waals surface area contributed by atoms with Gasteiger partial charge in [-0.2, -0.15) is 3.71 Å². The van der Waals surface area contributed by atoms with Crippen LogP contribution in [0.4, 0.5) is 11.4 Å². The molecule has 1 aromatic carbocycles. The SMILES string of the molecule is Cc1cc(N2CCC(N(S)S(O)=S)C2=O)ccc1N(C)C(=O)CN(C)C(C)C. The average molecular weight is 445 g/mol. The molecule has 1 saturated heterocycles. The lowest BCUT2D eigenvalue weighted by atomic mass is 10.1. The van der Waals surface area contributed by atoms with Crippen molar-refractivity contribution in [2.75, 3.05) is 37.0 Å². The smallest absolute Gasteiger partial charge is 0.246 e. The van der Waals surface area contributed by atoms with Crippen LogP contribution in [-0.2, 0) is 30.7 Å². The Bertz CT molecular complexity index is 774. The Hall–Kier alpha value is -1.04. The minimum atomic E-state index is -1.49. The first kappa shape index (κ1) is 23.2. The molecule has 28 heavy (non-hydrogen) atoms. The molecular formula is C18H28N4O3S3. The second-order valence-electron chi connectivity index (χ2n) is 7.26. The van der Waals surface area contributed by atoms with Gasteiger partial charge in [-0.3, -0.25) is 14.5 Å². The van der Waals surface area contributed by atoms with Gasteiger partial charge in [0.1, 0.15) is 6.04 Å². The van der Waals surface area contributed by atoms with Crippen LogP contribution in [0.5, 0.6) is 0 Å². The molecule has 10 heteroatoms. The second-order valence-corrected chi connectivity index (χ2v) is 9.71. The number of hydrogen-bond acceptors (Lipinski definition) is 5. The lowest BCUT2D eigenvalue weighted by molar-refractivity contribution is -0.120. The van der Waals surface area contributed by atoms with E-state index in [0.717, 1.165) is 16.9 Å². The van der Waals surface area contributed by atoms with Crippen LogP contribution in [0, 0.1) is 6.92 Å². The summed E-state index contributed by atoms with van der Waals surface area (Å²) < 4.78 is 10.8. The molecular weight excluding hydrogens is 416 g/mol. The van der Waals surface area contributed by atoms with E-state index in [4.69, 9.17) is 11.2 Å². The van der Waals surface area contributed by atoms with Crippen molar-refractivity contribution in [1.29, 1.82) is 0 Å². The van der Waals surface area contributed by atoms with Crippen LogP contribution in [0.1, 0.15) is 25.8 Å². The maximum absolute atomic E-state index is 12.7. The molecule has 1 aliphatic rings. The van der Waals surface area contributed by atoms with Gasteiger partial charge in [-0.1, -0.05) is 12.8 Å². The average Bonchev–Trinajstić information content (AvgIpc) is 3.01. The topological polar surface area (TPSA) is 67.3 Å². The van der Waals surface area contributed by atoms with Gasteiger partial charge in [-0.15, -0.1) is 0 Å². The number of hydrogen-bond donors (Lipinski definition) is 2. The first-order valence-corrected chi connectivity index (χ1v) is 11.5. The third-order valence-electron chi connectivity index (χ3n) is 5.10. The standard InChI is InChI=1S/C18H28N4O3S3/c1-12(2)19(4)11-17(23)20(5)15-7-6-14(10-13(15)3)21-9-8-16(18(21)24)22(26)28(25)27/h6-7,10,12,16,26H,8-9,11H2,1-5H3,(H,25,27). The Morgan fingerprint density at radius 3 is 2.61 bits per heavy atom. The molecule has 0 aromatic heterocycles. The van der Waals surface area contributed by atoms with E-state index in [1.807, 2.05) is 50.9 Å². The minimum absolute atomic E-state index is 0.00973. The number of amides is 2. The number of nitrogens with zero attached hydrogens (tertiary/aromatic N) is 4. The molecule has 0 radical (unpaired) electrons. The van der Waals surface area contributed by atoms with Crippen molar-refractivity contribution in [2.24, 2.45) is 0 Å². The minimum Gasteiger partial charge on any atom is -0.315 e. The van der Waals surface area contributed by atoms with E-state index in [1.165, 1.54) is 3.71 Å². The number of carbonyl (C=O) groups excluding carboxylic acids is 2. The van der Waals surface area contributed by atoms with Gasteiger partial charge < -0.3 is 14.4 Å². The van der Waals surface area contributed by atoms with Crippen molar-refractivity contribution >= 4 is 57.1 Å². The van der Waals surface area contributed by atoms with Crippen LogP contribution in [0.2, 0.25) is 0 Å². The number of aryl methyl sites for hydroxylation is 1. The van der Waals surface area contributed by atoms with Crippen LogP contribution in [0.25, 0.3) is 0 Å². The highest BCUT2D eigenvalue weighted by Gasteiger charge is 2.37. The molecule has 7 nitrogen and oxygen atoms in total. The lowest BCUT2D eigenvalue weighted by Gasteiger charge is -2.26. The number of carbonyl (C=O) groups is 2. The Morgan fingerprint density at radius 1 is 1.43 bits per heavy atom. The zero-order chi connectivity index (χ0) is 21.2. The fraction of sp³-hybridized carbons (Fsp3) is 0.556. The summed E-state index contributed by atoms with van der Waals surface area (Å²) in [6, 6.07) is 5.36. The van der Waals surface area contributed by atoms with Crippen LogP contribution in [0.3, 0.4) is 0 Å². The molecule has 0 bridgehead atoms. The molecule has 0 spiro atoms. The van der Waals surface area contributed by atoms with Crippen molar-refractivity contribution in [2.45, 2.75) is 39.3 Å². The van der Waals surface area contributed by atoms with Gasteiger partial charge in [0.15, 0.2) is 0 Å². The third kappa shape index (κ3) is 5.11. The maximum Gasteiger partial charge on any atom is 0.246 e. The van der Waals surface area contributed by atoms with Crippen molar-refractivity contribution in [3.05, 3.63) is 23.8 Å². The zero-order valence-corrected chi connectivity index (χ0v) is 19.4. The molecule has 2 amide bonds. The van der Waals surface area contributed by atoms with Gasteiger partial charge in [-0.25, -0.2) is 0 Å². The molecule has 0 aliphatic carbocycles. The summed E-state index contributed by atoms with van der Waals surface area (Å²) >= 11 is 8.96. The van der Waals surface area contributed by atoms with Crippen molar-refractivity contribution in [3.8, 4) is 0 Å². The van der Waals surface area contributed by atoms with E-state index in [2.05, 4.69) is 12.8 Å². The first-order valence-electron chi connectivity index (χ1n) is 9.02. The maximum atomic E-state index is 12.7. The summed E-state index contributed by atoms with van der Waals surface area (Å²) in [5.41, 5.74) is 2.48. The Labute approximate surface area is 179 Å². The van der Waals surface area contributed by atoms with Crippen LogP contribution < -0.4 is 9.80 Å². The number of rotatable bonds is 7. The van der Waals surface area contributed by atoms with Gasteiger partial charge in [0.25, 0.3) is 0 Å². The van der Waals surface area contributed by atoms with Gasteiger partial charge in [0.05, 0.1) is 16.5 Å². The summed E-state index contributed by atoms with van der Waals surface area (Å²) in [6.45, 7) is 6.88. The van der Waals surface area contributed by atoms with E-state index >= 15 is 0 Å². The van der Waals surface area contributed by atoms with E-state index in [1.54, 1.807) is 16.8 Å². The van der Waals surface area contributed by atoms with E-state index in [-0.39, 0.29) is 17.9 Å². The number of likely N-dealkylation sites (N-methyl/N-ethyl adjacent to an activating group) is 2. The van der Waals surface area contributed by atoms with Gasteiger partial charge in [0.2, 0.25) is 11.8 Å². The zero-order valence-electron chi connectivity index (χ0n) is 16.8. The molecule has 1 aromatic rings. The van der Waals surface area contributed by atoms with Gasteiger partial charge in [-0.05, 0) is 69.2 Å². The highest BCUT2D eigenvalue weighted by molar-refractivity contribution is 8.27. The summed E-state index contributed by atoms with van der Waals surface area (Å²) in [4.78, 5) is 30.6. The summed E-state index contributed by atoms with van der Waals surface area (Å²) in [6.07, 6.45) is 0.545. The Balaban J connectivity index is 2.15. The summed E-state index contributed by atoms with van der Waals surface area (Å²) in [5, 5.41) is 0. The molecule has 1 N–H and O–H groups in total. The predicted octanol–water partition coefficient (Wildman–Crippen LogP) is 2.02. The number of anilines is 2. The van der Waals surface area contributed by atoms with Crippen LogP contribution in [-0.4, -0.2) is 64.2 Å². The fourth-order valence-corrected chi connectivity index (χ4v) is 3.99. The molecule has 2 atom stereocenters. The van der Waals surface area contributed by atoms with Crippen LogP contribution in [0.15, 0.2) is 18.2 Å². The fourth-order valence-electron chi connectivity index (χ4n) is 3.06. The lowest BCUT2D eigenvalue weighted by Crippen LogP contribution is -2.39. The quantitative estimate of drug-likeness (QED) is 0.628. The van der Waals surface area contributed by atoms with Crippen molar-refractivity contribution < 1.29 is 14.1 Å². The Morgan fingerprint density at radius 2 is 2.07 bits per heavy atom. The second kappa shape index (κ2) is 9.64. The van der Waals surface area contributed by atoms with Gasteiger partial charge in [0, 0.05) is 31.0 Å². The molecule has 156 valence electrons. The summed E-state index contributed by atoms with van der Waals surface area (Å²) in [5.74, 6) is -0.128. The monoisotopic (exact) mass is 444 g/mol. The van der Waals surface area contributed by atoms with Crippen LogP contribution >= 0.6 is 12.8 Å². The normalized spacial score (nSPS) is 18.4. The van der Waals surface area contributed by atoms with Gasteiger partial charge >= 0.3 is 0 Å². The van der Waals surface area contributed by atoms with Crippen molar-refractivity contribution in [1.82, 2.24) is 8.61 Å². The van der Waals surface area contributed by atoms with E-state index < -0.39 is 16.0 Å². The largest absolute Gasteiger partial charge is 0.315 e.